The number of benzene rings is 1. The van der Waals surface area contributed by atoms with Gasteiger partial charge in [0.15, 0.2) is 0 Å². The lowest BCUT2D eigenvalue weighted by Gasteiger charge is -2.15. The second kappa shape index (κ2) is 6.30. The van der Waals surface area contributed by atoms with Gasteiger partial charge in [0.1, 0.15) is 5.82 Å². The van der Waals surface area contributed by atoms with Gasteiger partial charge in [-0.1, -0.05) is 22.0 Å². The fourth-order valence-electron chi connectivity index (χ4n) is 1.98. The van der Waals surface area contributed by atoms with Gasteiger partial charge >= 0.3 is 0 Å². The van der Waals surface area contributed by atoms with Crippen LogP contribution in [-0.2, 0) is 13.5 Å². The predicted octanol–water partition coefficient (Wildman–Crippen LogP) is 3.22. The molecule has 5 heteroatoms. The molecule has 0 bridgehead atoms. The van der Waals surface area contributed by atoms with Crippen LogP contribution in [0.25, 0.3) is 0 Å². The lowest BCUT2D eigenvalue weighted by Crippen LogP contribution is -2.22. The van der Waals surface area contributed by atoms with Crippen molar-refractivity contribution in [2.24, 2.45) is 7.05 Å². The van der Waals surface area contributed by atoms with Crippen molar-refractivity contribution in [3.05, 3.63) is 52.0 Å². The molecule has 1 atom stereocenters. The van der Waals surface area contributed by atoms with Crippen LogP contribution in [0.15, 0.2) is 34.9 Å². The van der Waals surface area contributed by atoms with E-state index in [1.807, 2.05) is 19.3 Å². The van der Waals surface area contributed by atoms with Gasteiger partial charge in [0.25, 0.3) is 0 Å². The molecule has 0 amide bonds. The molecule has 0 fully saturated rings. The second-order valence-corrected chi connectivity index (χ2v) is 5.43. The van der Waals surface area contributed by atoms with Crippen molar-refractivity contribution in [2.45, 2.75) is 19.4 Å². The van der Waals surface area contributed by atoms with Crippen LogP contribution in [-0.4, -0.2) is 16.3 Å². The van der Waals surface area contributed by atoms with Crippen LogP contribution in [0.2, 0.25) is 0 Å². The summed E-state index contributed by atoms with van der Waals surface area (Å²) in [5, 5.41) is 7.74. The zero-order valence-electron chi connectivity index (χ0n) is 11.0. The summed E-state index contributed by atoms with van der Waals surface area (Å²) < 4.78 is 15.6. The molecule has 102 valence electrons. The van der Waals surface area contributed by atoms with Gasteiger partial charge in [0.05, 0.1) is 5.69 Å². The Morgan fingerprint density at radius 2 is 2.21 bits per heavy atom. The Balaban J connectivity index is 1.88. The number of aryl methyl sites for hydroxylation is 1. The van der Waals surface area contributed by atoms with Crippen LogP contribution in [0.3, 0.4) is 0 Å². The molecule has 1 aromatic heterocycles. The SMILES string of the molecule is CC(NCCc1ccn(C)n1)c1ccc(F)cc1Br. The Morgan fingerprint density at radius 3 is 2.84 bits per heavy atom. The number of aromatic nitrogens is 2. The van der Waals surface area contributed by atoms with E-state index >= 15 is 0 Å². The van der Waals surface area contributed by atoms with E-state index in [1.54, 1.807) is 10.7 Å². The van der Waals surface area contributed by atoms with Crippen molar-refractivity contribution < 1.29 is 4.39 Å². The number of hydrogen-bond donors (Lipinski definition) is 1. The maximum Gasteiger partial charge on any atom is 0.124 e. The first kappa shape index (κ1) is 14.2. The number of nitrogens with zero attached hydrogens (tertiary/aromatic N) is 2. The third-order valence-electron chi connectivity index (χ3n) is 3.03. The fourth-order valence-corrected chi connectivity index (χ4v) is 2.67. The minimum absolute atomic E-state index is 0.165. The molecule has 0 saturated carbocycles. The van der Waals surface area contributed by atoms with Crippen LogP contribution in [0.1, 0.15) is 24.2 Å². The quantitative estimate of drug-likeness (QED) is 0.914. The van der Waals surface area contributed by atoms with Crippen molar-refractivity contribution in [2.75, 3.05) is 6.54 Å². The van der Waals surface area contributed by atoms with Gasteiger partial charge in [0.2, 0.25) is 0 Å². The zero-order chi connectivity index (χ0) is 13.8. The number of hydrogen-bond acceptors (Lipinski definition) is 2. The Hall–Kier alpha value is -1.20. The number of rotatable bonds is 5. The molecule has 2 aromatic rings. The predicted molar refractivity (Wildman–Crippen MR) is 77.4 cm³/mol. The van der Waals surface area contributed by atoms with Gasteiger partial charge in [-0.25, -0.2) is 4.39 Å². The molecule has 0 spiro atoms. The highest BCUT2D eigenvalue weighted by Gasteiger charge is 2.09. The third-order valence-corrected chi connectivity index (χ3v) is 3.72. The lowest BCUT2D eigenvalue weighted by molar-refractivity contribution is 0.566. The summed E-state index contributed by atoms with van der Waals surface area (Å²) in [6.45, 7) is 2.90. The molecule has 0 aliphatic rings. The standard InChI is InChI=1S/C14H17BrFN3/c1-10(13-4-3-11(16)9-14(13)15)17-7-5-12-6-8-19(2)18-12/h3-4,6,8-10,17H,5,7H2,1-2H3. The van der Waals surface area contributed by atoms with Gasteiger partial charge in [-0.15, -0.1) is 0 Å². The van der Waals surface area contributed by atoms with E-state index in [-0.39, 0.29) is 11.9 Å². The highest BCUT2D eigenvalue weighted by atomic mass is 79.9. The van der Waals surface area contributed by atoms with Crippen LogP contribution >= 0.6 is 15.9 Å². The average molecular weight is 326 g/mol. The van der Waals surface area contributed by atoms with E-state index in [9.17, 15) is 4.39 Å². The maximum atomic E-state index is 13.0. The first-order chi connectivity index (χ1) is 9.06. The summed E-state index contributed by atoms with van der Waals surface area (Å²) in [5.74, 6) is -0.226. The van der Waals surface area contributed by atoms with Gasteiger partial charge in [0, 0.05) is 36.7 Å². The van der Waals surface area contributed by atoms with E-state index in [0.29, 0.717) is 0 Å². The van der Waals surface area contributed by atoms with Crippen molar-refractivity contribution in [3.63, 3.8) is 0 Å². The van der Waals surface area contributed by atoms with Crippen molar-refractivity contribution >= 4 is 15.9 Å². The second-order valence-electron chi connectivity index (χ2n) is 4.57. The number of nitrogens with one attached hydrogen (secondary N) is 1. The van der Waals surface area contributed by atoms with Gasteiger partial charge < -0.3 is 5.32 Å². The summed E-state index contributed by atoms with van der Waals surface area (Å²) in [6.07, 6.45) is 2.82. The molecule has 3 nitrogen and oxygen atoms in total. The molecule has 0 saturated heterocycles. The molecule has 1 unspecified atom stereocenters. The molecule has 0 aliphatic carbocycles. The molecule has 0 radical (unpaired) electrons. The lowest BCUT2D eigenvalue weighted by atomic mass is 10.1. The highest BCUT2D eigenvalue weighted by molar-refractivity contribution is 9.10. The minimum atomic E-state index is -0.226. The first-order valence-corrected chi connectivity index (χ1v) is 7.02. The van der Waals surface area contributed by atoms with Crippen LogP contribution in [0.4, 0.5) is 4.39 Å². The van der Waals surface area contributed by atoms with Crippen LogP contribution in [0.5, 0.6) is 0 Å². The Bertz CT molecular complexity index is 553. The molecule has 1 N–H and O–H groups in total. The van der Waals surface area contributed by atoms with E-state index in [2.05, 4.69) is 33.3 Å². The van der Waals surface area contributed by atoms with Crippen molar-refractivity contribution in [3.8, 4) is 0 Å². The van der Waals surface area contributed by atoms with E-state index in [0.717, 1.165) is 28.7 Å². The van der Waals surface area contributed by atoms with Crippen LogP contribution in [0, 0.1) is 5.82 Å². The molecular weight excluding hydrogens is 309 g/mol. The summed E-state index contributed by atoms with van der Waals surface area (Å²) in [7, 11) is 1.91. The first-order valence-electron chi connectivity index (χ1n) is 6.23. The van der Waals surface area contributed by atoms with E-state index < -0.39 is 0 Å². The normalized spacial score (nSPS) is 12.6. The Labute approximate surface area is 121 Å². The summed E-state index contributed by atoms with van der Waals surface area (Å²) in [4.78, 5) is 0. The molecule has 1 heterocycles. The fraction of sp³-hybridized carbons (Fsp3) is 0.357. The van der Waals surface area contributed by atoms with Gasteiger partial charge in [-0.2, -0.15) is 5.10 Å². The summed E-state index contributed by atoms with van der Waals surface area (Å²) in [5.41, 5.74) is 2.13. The molecule has 1 aromatic carbocycles. The zero-order valence-corrected chi connectivity index (χ0v) is 12.6. The van der Waals surface area contributed by atoms with Crippen LogP contribution < -0.4 is 5.32 Å². The molecule has 2 rings (SSSR count). The van der Waals surface area contributed by atoms with E-state index in [4.69, 9.17) is 0 Å². The van der Waals surface area contributed by atoms with Crippen molar-refractivity contribution in [1.82, 2.24) is 15.1 Å². The average Bonchev–Trinajstić information content (AvgIpc) is 2.75. The monoisotopic (exact) mass is 325 g/mol. The largest absolute Gasteiger partial charge is 0.310 e. The van der Waals surface area contributed by atoms with Gasteiger partial charge in [-0.3, -0.25) is 4.68 Å². The third kappa shape index (κ3) is 3.88. The van der Waals surface area contributed by atoms with E-state index in [1.165, 1.54) is 12.1 Å². The minimum Gasteiger partial charge on any atom is -0.310 e. The Morgan fingerprint density at radius 1 is 1.42 bits per heavy atom. The maximum absolute atomic E-state index is 13.0. The Kier molecular flexibility index (Phi) is 4.71. The molecular formula is C14H17BrFN3. The molecule has 19 heavy (non-hydrogen) atoms. The summed E-state index contributed by atoms with van der Waals surface area (Å²) >= 11 is 3.39. The smallest absolute Gasteiger partial charge is 0.124 e. The topological polar surface area (TPSA) is 29.9 Å². The summed E-state index contributed by atoms with van der Waals surface area (Å²) in [6, 6.07) is 6.96. The van der Waals surface area contributed by atoms with Gasteiger partial charge in [-0.05, 0) is 30.7 Å². The number of halogens is 2. The highest BCUT2D eigenvalue weighted by Crippen LogP contribution is 2.24. The van der Waals surface area contributed by atoms with Crippen molar-refractivity contribution in [1.29, 1.82) is 0 Å². The molecule has 0 aliphatic heterocycles.